The number of nitrogens with one attached hydrogen (secondary N) is 1. The van der Waals surface area contributed by atoms with E-state index in [4.69, 9.17) is 0 Å². The van der Waals surface area contributed by atoms with Crippen LogP contribution in [0, 0.1) is 5.41 Å². The predicted octanol–water partition coefficient (Wildman–Crippen LogP) is 2.30. The van der Waals surface area contributed by atoms with Crippen LogP contribution in [0.25, 0.3) is 0 Å². The molecule has 1 aliphatic heterocycles. The summed E-state index contributed by atoms with van der Waals surface area (Å²) in [5, 5.41) is 3.37. The van der Waals surface area contributed by atoms with Gasteiger partial charge in [-0.3, -0.25) is 0 Å². The number of hydrogen-bond donors (Lipinski definition) is 1. The van der Waals surface area contributed by atoms with Crippen molar-refractivity contribution in [2.45, 2.75) is 33.6 Å². The minimum Gasteiger partial charge on any atom is -0.388 e. The fourth-order valence-electron chi connectivity index (χ4n) is 1.26. The summed E-state index contributed by atoms with van der Waals surface area (Å²) in [6.45, 7) is 7.96. The van der Waals surface area contributed by atoms with Gasteiger partial charge in [-0.15, -0.1) is 0 Å². The highest BCUT2D eigenvalue weighted by molar-refractivity contribution is 5.07. The van der Waals surface area contributed by atoms with E-state index in [-0.39, 0.29) is 0 Å². The van der Waals surface area contributed by atoms with Crippen LogP contribution < -0.4 is 5.32 Å². The normalized spacial score (nSPS) is 18.5. The average molecular weight is 139 g/mol. The number of allylic oxidation sites excluding steroid dienone is 1. The first-order valence-electron chi connectivity index (χ1n) is 4.01. The maximum Gasteiger partial charge on any atom is 0.0179 e. The van der Waals surface area contributed by atoms with E-state index in [0.717, 1.165) is 6.54 Å². The van der Waals surface area contributed by atoms with Crippen LogP contribution in [0.3, 0.4) is 0 Å². The second kappa shape index (κ2) is 2.65. The summed E-state index contributed by atoms with van der Waals surface area (Å²) in [7, 11) is 0. The van der Waals surface area contributed by atoms with Crippen molar-refractivity contribution in [1.82, 2.24) is 5.32 Å². The summed E-state index contributed by atoms with van der Waals surface area (Å²) in [6, 6.07) is 0. The van der Waals surface area contributed by atoms with Crippen molar-refractivity contribution < 1.29 is 0 Å². The maximum atomic E-state index is 3.37. The van der Waals surface area contributed by atoms with Crippen molar-refractivity contribution in [3.63, 3.8) is 0 Å². The lowest BCUT2D eigenvalue weighted by Gasteiger charge is -2.18. The third kappa shape index (κ3) is 2.42. The fourth-order valence-corrected chi connectivity index (χ4v) is 1.26. The molecule has 0 saturated carbocycles. The molecule has 1 N–H and O–H groups in total. The van der Waals surface area contributed by atoms with Gasteiger partial charge >= 0.3 is 0 Å². The largest absolute Gasteiger partial charge is 0.388 e. The Balaban J connectivity index is 2.38. The highest BCUT2D eigenvalue weighted by atomic mass is 14.9. The summed E-state index contributed by atoms with van der Waals surface area (Å²) in [5.74, 6) is 0. The van der Waals surface area contributed by atoms with E-state index in [2.05, 4.69) is 32.2 Å². The molecule has 0 aliphatic carbocycles. The molecule has 1 aliphatic rings. The van der Waals surface area contributed by atoms with Crippen molar-refractivity contribution in [1.29, 1.82) is 0 Å². The first-order valence-corrected chi connectivity index (χ1v) is 4.01. The molecule has 1 nitrogen and oxygen atoms in total. The van der Waals surface area contributed by atoms with Gasteiger partial charge in [0.2, 0.25) is 0 Å². The van der Waals surface area contributed by atoms with Crippen molar-refractivity contribution in [3.05, 3.63) is 11.8 Å². The molecule has 58 valence electrons. The first kappa shape index (κ1) is 7.64. The van der Waals surface area contributed by atoms with Crippen molar-refractivity contribution in [3.8, 4) is 0 Å². The SMILES string of the molecule is CC(C)(C)CC1=CCCN1. The standard InChI is InChI=1S/C9H17N/c1-9(2,3)7-8-5-4-6-10-8/h5,10H,4,6-7H2,1-3H3. The van der Waals surface area contributed by atoms with Crippen LogP contribution in [0.1, 0.15) is 33.6 Å². The average Bonchev–Trinajstić information content (AvgIpc) is 2.12. The van der Waals surface area contributed by atoms with Crippen molar-refractivity contribution in [2.75, 3.05) is 6.54 Å². The number of rotatable bonds is 1. The Labute approximate surface area is 63.5 Å². The molecule has 1 heterocycles. The second-order valence-electron chi connectivity index (χ2n) is 4.18. The summed E-state index contributed by atoms with van der Waals surface area (Å²) < 4.78 is 0. The van der Waals surface area contributed by atoms with Crippen molar-refractivity contribution in [2.24, 2.45) is 5.41 Å². The molecule has 0 atom stereocenters. The van der Waals surface area contributed by atoms with Crippen LogP contribution in [0.4, 0.5) is 0 Å². The van der Waals surface area contributed by atoms with E-state index in [1.165, 1.54) is 18.5 Å². The monoisotopic (exact) mass is 139 g/mol. The van der Waals surface area contributed by atoms with Crippen LogP contribution in [-0.2, 0) is 0 Å². The molecule has 0 amide bonds. The third-order valence-corrected chi connectivity index (χ3v) is 1.61. The lowest BCUT2D eigenvalue weighted by molar-refractivity contribution is 0.402. The zero-order valence-corrected chi connectivity index (χ0v) is 7.20. The zero-order chi connectivity index (χ0) is 7.61. The lowest BCUT2D eigenvalue weighted by Crippen LogP contribution is -2.14. The summed E-state index contributed by atoms with van der Waals surface area (Å²) in [6.07, 6.45) is 4.71. The lowest BCUT2D eigenvalue weighted by atomic mass is 9.91. The van der Waals surface area contributed by atoms with E-state index in [0.29, 0.717) is 5.41 Å². The number of hydrogen-bond acceptors (Lipinski definition) is 1. The predicted molar refractivity (Wildman–Crippen MR) is 44.8 cm³/mol. The van der Waals surface area contributed by atoms with Gasteiger partial charge in [0.1, 0.15) is 0 Å². The molecular formula is C9H17N. The molecule has 0 radical (unpaired) electrons. The van der Waals surface area contributed by atoms with E-state index in [1.54, 1.807) is 0 Å². The Bertz CT molecular complexity index is 139. The maximum absolute atomic E-state index is 3.37. The Morgan fingerprint density at radius 2 is 2.20 bits per heavy atom. The van der Waals surface area contributed by atoms with Gasteiger partial charge in [0.25, 0.3) is 0 Å². The molecule has 0 unspecified atom stereocenters. The highest BCUT2D eigenvalue weighted by Crippen LogP contribution is 2.24. The smallest absolute Gasteiger partial charge is 0.0179 e. The van der Waals surface area contributed by atoms with E-state index >= 15 is 0 Å². The second-order valence-corrected chi connectivity index (χ2v) is 4.18. The van der Waals surface area contributed by atoms with Gasteiger partial charge in [-0.1, -0.05) is 26.8 Å². The summed E-state index contributed by atoms with van der Waals surface area (Å²) in [5.41, 5.74) is 1.87. The Morgan fingerprint density at radius 3 is 2.60 bits per heavy atom. The molecule has 0 fully saturated rings. The van der Waals surface area contributed by atoms with Gasteiger partial charge in [0.05, 0.1) is 0 Å². The van der Waals surface area contributed by atoms with Crippen LogP contribution in [0.2, 0.25) is 0 Å². The minimum atomic E-state index is 0.434. The van der Waals surface area contributed by atoms with E-state index < -0.39 is 0 Å². The topological polar surface area (TPSA) is 12.0 Å². The Hall–Kier alpha value is -0.460. The molecule has 1 rings (SSSR count). The molecule has 10 heavy (non-hydrogen) atoms. The summed E-state index contributed by atoms with van der Waals surface area (Å²) in [4.78, 5) is 0. The van der Waals surface area contributed by atoms with Gasteiger partial charge in [-0.25, -0.2) is 0 Å². The quantitative estimate of drug-likeness (QED) is 0.587. The summed E-state index contributed by atoms with van der Waals surface area (Å²) >= 11 is 0. The first-order chi connectivity index (χ1) is 4.58. The van der Waals surface area contributed by atoms with E-state index in [1.807, 2.05) is 0 Å². The van der Waals surface area contributed by atoms with Crippen LogP contribution in [0.15, 0.2) is 11.8 Å². The molecule has 0 aromatic rings. The highest BCUT2D eigenvalue weighted by Gasteiger charge is 2.14. The third-order valence-electron chi connectivity index (χ3n) is 1.61. The van der Waals surface area contributed by atoms with E-state index in [9.17, 15) is 0 Å². The zero-order valence-electron chi connectivity index (χ0n) is 7.20. The molecule has 0 aromatic carbocycles. The minimum absolute atomic E-state index is 0.434. The molecule has 0 aromatic heterocycles. The Kier molecular flexibility index (Phi) is 2.02. The van der Waals surface area contributed by atoms with Gasteiger partial charge in [0.15, 0.2) is 0 Å². The van der Waals surface area contributed by atoms with Crippen LogP contribution in [-0.4, -0.2) is 6.54 Å². The molecule has 0 spiro atoms. The molecule has 0 saturated heterocycles. The fraction of sp³-hybridized carbons (Fsp3) is 0.778. The van der Waals surface area contributed by atoms with Gasteiger partial charge < -0.3 is 5.32 Å². The molecule has 0 bridgehead atoms. The van der Waals surface area contributed by atoms with Gasteiger partial charge in [0, 0.05) is 12.2 Å². The Morgan fingerprint density at radius 1 is 1.50 bits per heavy atom. The molecule has 1 heteroatoms. The van der Waals surface area contributed by atoms with Crippen LogP contribution in [0.5, 0.6) is 0 Å². The van der Waals surface area contributed by atoms with Gasteiger partial charge in [-0.2, -0.15) is 0 Å². The van der Waals surface area contributed by atoms with Gasteiger partial charge in [-0.05, 0) is 18.3 Å². The van der Waals surface area contributed by atoms with Crippen LogP contribution >= 0.6 is 0 Å². The van der Waals surface area contributed by atoms with Crippen molar-refractivity contribution >= 4 is 0 Å². The molecular weight excluding hydrogens is 122 g/mol.